The predicted molar refractivity (Wildman–Crippen MR) is 88.4 cm³/mol. The van der Waals surface area contributed by atoms with Crippen molar-refractivity contribution in [2.24, 2.45) is 0 Å². The number of anilines is 1. The number of nitrogens with one attached hydrogen (secondary N) is 2. The van der Waals surface area contributed by atoms with Crippen molar-refractivity contribution in [1.82, 2.24) is 10.3 Å². The number of thiocarbonyl (C=S) groups is 1. The summed E-state index contributed by atoms with van der Waals surface area (Å²) < 4.78 is 4.95. The molecule has 1 heterocycles. The third-order valence-corrected chi connectivity index (χ3v) is 3.67. The lowest BCUT2D eigenvalue weighted by molar-refractivity contribution is 0.204. The molecule has 0 unspecified atom stereocenters. The maximum atomic E-state index is 5.19. The average Bonchev–Trinajstić information content (AvgIpc) is 2.86. The van der Waals surface area contributed by atoms with Gasteiger partial charge in [0, 0.05) is 30.3 Å². The summed E-state index contributed by atoms with van der Waals surface area (Å²) in [4.78, 5) is 4.47. The fraction of sp³-hybridized carbons (Fsp3) is 0.286. The zero-order valence-electron chi connectivity index (χ0n) is 11.5. The van der Waals surface area contributed by atoms with Crippen LogP contribution in [0.15, 0.2) is 29.6 Å². The minimum atomic E-state index is 0.597. The zero-order chi connectivity index (χ0) is 14.4. The predicted octanol–water partition coefficient (Wildman–Crippen LogP) is 3.05. The first-order valence-corrected chi connectivity index (χ1v) is 7.54. The van der Waals surface area contributed by atoms with Crippen molar-refractivity contribution < 1.29 is 4.74 Å². The van der Waals surface area contributed by atoms with E-state index >= 15 is 0 Å². The molecule has 2 N–H and O–H groups in total. The fourth-order valence-corrected chi connectivity index (χ4v) is 2.50. The molecule has 0 radical (unpaired) electrons. The molecule has 20 heavy (non-hydrogen) atoms. The number of methoxy groups -OCH3 is 1. The highest BCUT2D eigenvalue weighted by atomic mass is 32.1. The highest BCUT2D eigenvalue weighted by Crippen LogP contribution is 2.22. The summed E-state index contributed by atoms with van der Waals surface area (Å²) in [5.74, 6) is 0. The molecule has 2 aromatic rings. The van der Waals surface area contributed by atoms with Crippen LogP contribution in [0.2, 0.25) is 0 Å². The topological polar surface area (TPSA) is 46.2 Å². The molecule has 0 aliphatic rings. The van der Waals surface area contributed by atoms with Crippen LogP contribution in [-0.2, 0) is 4.74 Å². The maximum absolute atomic E-state index is 5.19. The van der Waals surface area contributed by atoms with Crippen LogP contribution in [0, 0.1) is 6.92 Å². The second kappa shape index (κ2) is 7.33. The molecule has 6 heteroatoms. The van der Waals surface area contributed by atoms with Crippen molar-refractivity contribution in [3.8, 4) is 11.3 Å². The Kier molecular flexibility index (Phi) is 5.46. The van der Waals surface area contributed by atoms with Crippen molar-refractivity contribution in [2.75, 3.05) is 25.6 Å². The summed E-state index contributed by atoms with van der Waals surface area (Å²) in [6.07, 6.45) is 0. The number of nitrogens with zero attached hydrogens (tertiary/aromatic N) is 1. The molecule has 1 aromatic carbocycles. The number of aromatic nitrogens is 1. The van der Waals surface area contributed by atoms with Gasteiger partial charge >= 0.3 is 0 Å². The highest BCUT2D eigenvalue weighted by molar-refractivity contribution is 7.80. The van der Waals surface area contributed by atoms with Gasteiger partial charge in [-0.3, -0.25) is 0 Å². The zero-order valence-corrected chi connectivity index (χ0v) is 13.1. The molecule has 4 nitrogen and oxygen atoms in total. The smallest absolute Gasteiger partial charge is 0.170 e. The van der Waals surface area contributed by atoms with Crippen LogP contribution < -0.4 is 10.6 Å². The quantitative estimate of drug-likeness (QED) is 0.657. The van der Waals surface area contributed by atoms with E-state index in [1.807, 2.05) is 31.2 Å². The van der Waals surface area contributed by atoms with E-state index < -0.39 is 0 Å². The fourth-order valence-electron chi connectivity index (χ4n) is 1.66. The van der Waals surface area contributed by atoms with Gasteiger partial charge in [0.15, 0.2) is 5.11 Å². The van der Waals surface area contributed by atoms with E-state index in [4.69, 9.17) is 17.0 Å². The van der Waals surface area contributed by atoms with Gasteiger partial charge in [-0.25, -0.2) is 4.98 Å². The number of benzene rings is 1. The Morgan fingerprint density at radius 3 is 2.70 bits per heavy atom. The summed E-state index contributed by atoms with van der Waals surface area (Å²) in [6.45, 7) is 3.33. The van der Waals surface area contributed by atoms with E-state index in [1.165, 1.54) is 0 Å². The molecule has 0 aliphatic heterocycles. The molecule has 0 fully saturated rings. The van der Waals surface area contributed by atoms with Crippen LogP contribution in [0.1, 0.15) is 5.01 Å². The van der Waals surface area contributed by atoms with Gasteiger partial charge in [-0.05, 0) is 31.3 Å². The Hall–Kier alpha value is -1.50. The minimum Gasteiger partial charge on any atom is -0.383 e. The molecule has 106 valence electrons. The standard InChI is InChI=1S/C14H17N3OS2/c1-10-16-13(9-20-10)11-3-5-12(6-4-11)17-14(19)15-7-8-18-2/h3-6,9H,7-8H2,1-2H3,(H2,15,17,19). The lowest BCUT2D eigenvalue weighted by Gasteiger charge is -2.10. The second-order valence-electron chi connectivity index (χ2n) is 4.20. The van der Waals surface area contributed by atoms with Crippen LogP contribution in [0.3, 0.4) is 0 Å². The van der Waals surface area contributed by atoms with Gasteiger partial charge in [-0.15, -0.1) is 11.3 Å². The minimum absolute atomic E-state index is 0.597. The molecular formula is C14H17N3OS2. The molecular weight excluding hydrogens is 290 g/mol. The number of thiazole rings is 1. The third-order valence-electron chi connectivity index (χ3n) is 2.65. The molecule has 0 atom stereocenters. The third kappa shape index (κ3) is 4.26. The van der Waals surface area contributed by atoms with Gasteiger partial charge in [-0.2, -0.15) is 0 Å². The van der Waals surface area contributed by atoms with Gasteiger partial charge in [-0.1, -0.05) is 12.1 Å². The lowest BCUT2D eigenvalue weighted by atomic mass is 10.1. The van der Waals surface area contributed by atoms with Crippen LogP contribution in [-0.4, -0.2) is 30.4 Å². The van der Waals surface area contributed by atoms with Crippen LogP contribution in [0.25, 0.3) is 11.3 Å². The Labute approximate surface area is 128 Å². The van der Waals surface area contributed by atoms with E-state index in [2.05, 4.69) is 21.0 Å². The molecule has 0 aliphatic carbocycles. The molecule has 0 saturated heterocycles. The number of rotatable bonds is 5. The van der Waals surface area contributed by atoms with Crippen molar-refractivity contribution in [3.63, 3.8) is 0 Å². The number of hydrogen-bond acceptors (Lipinski definition) is 4. The van der Waals surface area contributed by atoms with E-state index in [9.17, 15) is 0 Å². The Balaban J connectivity index is 1.93. The summed E-state index contributed by atoms with van der Waals surface area (Å²) in [5.41, 5.74) is 3.08. The second-order valence-corrected chi connectivity index (χ2v) is 5.67. The lowest BCUT2D eigenvalue weighted by Crippen LogP contribution is -2.31. The van der Waals surface area contributed by atoms with Crippen molar-refractivity contribution in [2.45, 2.75) is 6.92 Å². The van der Waals surface area contributed by atoms with Crippen molar-refractivity contribution >= 4 is 34.4 Å². The normalized spacial score (nSPS) is 10.3. The summed E-state index contributed by atoms with van der Waals surface area (Å²) in [7, 11) is 1.66. The van der Waals surface area contributed by atoms with Gasteiger partial charge in [0.05, 0.1) is 17.3 Å². The SMILES string of the molecule is COCCNC(=S)Nc1ccc(-c2csc(C)n2)cc1. The van der Waals surface area contributed by atoms with Crippen molar-refractivity contribution in [3.05, 3.63) is 34.7 Å². The molecule has 0 amide bonds. The molecule has 0 saturated carbocycles. The monoisotopic (exact) mass is 307 g/mol. The van der Waals surface area contributed by atoms with E-state index in [1.54, 1.807) is 18.4 Å². The Morgan fingerprint density at radius 2 is 2.10 bits per heavy atom. The van der Waals surface area contributed by atoms with Crippen molar-refractivity contribution in [1.29, 1.82) is 0 Å². The van der Waals surface area contributed by atoms with Gasteiger partial charge in [0.25, 0.3) is 0 Å². The summed E-state index contributed by atoms with van der Waals surface area (Å²) >= 11 is 6.85. The number of hydrogen-bond donors (Lipinski definition) is 2. The average molecular weight is 307 g/mol. The maximum Gasteiger partial charge on any atom is 0.170 e. The van der Waals surface area contributed by atoms with E-state index in [0.29, 0.717) is 18.3 Å². The molecule has 2 rings (SSSR count). The van der Waals surface area contributed by atoms with Gasteiger partial charge in [0.2, 0.25) is 0 Å². The first-order chi connectivity index (χ1) is 9.69. The Morgan fingerprint density at radius 1 is 1.35 bits per heavy atom. The Bertz CT molecular complexity index is 566. The largest absolute Gasteiger partial charge is 0.383 e. The first-order valence-electron chi connectivity index (χ1n) is 6.25. The van der Waals surface area contributed by atoms with Crippen LogP contribution >= 0.6 is 23.6 Å². The number of aryl methyl sites for hydroxylation is 1. The van der Waals surface area contributed by atoms with E-state index in [-0.39, 0.29) is 0 Å². The van der Waals surface area contributed by atoms with Gasteiger partial charge in [0.1, 0.15) is 0 Å². The molecule has 0 bridgehead atoms. The highest BCUT2D eigenvalue weighted by Gasteiger charge is 2.02. The molecule has 1 aromatic heterocycles. The summed E-state index contributed by atoms with van der Waals surface area (Å²) in [6, 6.07) is 8.06. The molecule has 0 spiro atoms. The van der Waals surface area contributed by atoms with E-state index in [0.717, 1.165) is 22.0 Å². The number of ether oxygens (including phenoxy) is 1. The van der Waals surface area contributed by atoms with Gasteiger partial charge < -0.3 is 15.4 Å². The van der Waals surface area contributed by atoms with Crippen LogP contribution in [0.4, 0.5) is 5.69 Å². The summed E-state index contributed by atoms with van der Waals surface area (Å²) in [5, 5.41) is 9.93. The van der Waals surface area contributed by atoms with Crippen LogP contribution in [0.5, 0.6) is 0 Å². The first kappa shape index (κ1) is 14.9.